The Morgan fingerprint density at radius 2 is 1.56 bits per heavy atom. The molecule has 2 aromatic rings. The fraction of sp³-hybridized carbons (Fsp3) is 0.250. The summed E-state index contributed by atoms with van der Waals surface area (Å²) < 4.78 is 5.73. The van der Waals surface area contributed by atoms with E-state index in [1.54, 1.807) is 0 Å². The van der Waals surface area contributed by atoms with Crippen LogP contribution in [-0.4, -0.2) is 5.88 Å². The van der Waals surface area contributed by atoms with Gasteiger partial charge in [0, 0.05) is 5.88 Å². The van der Waals surface area contributed by atoms with Crippen molar-refractivity contribution in [2.45, 2.75) is 19.4 Å². The van der Waals surface area contributed by atoms with E-state index in [-0.39, 0.29) is 0 Å². The zero-order valence-corrected chi connectivity index (χ0v) is 11.1. The fourth-order valence-corrected chi connectivity index (χ4v) is 1.90. The van der Waals surface area contributed by atoms with Crippen LogP contribution in [-0.2, 0) is 13.0 Å². The lowest BCUT2D eigenvalue weighted by molar-refractivity contribution is 0.306. The van der Waals surface area contributed by atoms with Gasteiger partial charge in [0.05, 0.1) is 0 Å². The molecule has 2 rings (SSSR count). The quantitative estimate of drug-likeness (QED) is 0.698. The number of benzene rings is 2. The van der Waals surface area contributed by atoms with E-state index in [4.69, 9.17) is 16.3 Å². The van der Waals surface area contributed by atoms with Crippen LogP contribution in [0, 0.1) is 0 Å². The molecule has 0 atom stereocenters. The highest BCUT2D eigenvalue weighted by atomic mass is 35.5. The second-order valence-corrected chi connectivity index (χ2v) is 4.59. The Morgan fingerprint density at radius 1 is 0.833 bits per heavy atom. The van der Waals surface area contributed by atoms with Crippen LogP contribution in [0.5, 0.6) is 5.75 Å². The first kappa shape index (κ1) is 13.0. The zero-order valence-electron chi connectivity index (χ0n) is 10.3. The van der Waals surface area contributed by atoms with Gasteiger partial charge < -0.3 is 4.74 Å². The molecule has 2 aromatic carbocycles. The number of alkyl halides is 1. The molecular weight excluding hydrogens is 244 g/mol. The normalized spacial score (nSPS) is 10.3. The lowest BCUT2D eigenvalue weighted by atomic mass is 10.1. The van der Waals surface area contributed by atoms with Gasteiger partial charge in [-0.1, -0.05) is 42.5 Å². The Kier molecular flexibility index (Phi) is 5.10. The lowest BCUT2D eigenvalue weighted by Crippen LogP contribution is -1.95. The lowest BCUT2D eigenvalue weighted by Gasteiger charge is -2.07. The smallest absolute Gasteiger partial charge is 0.119 e. The highest BCUT2D eigenvalue weighted by Gasteiger charge is 1.97. The molecule has 0 aliphatic heterocycles. The molecule has 0 aromatic heterocycles. The van der Waals surface area contributed by atoms with Crippen molar-refractivity contribution in [2.24, 2.45) is 0 Å². The summed E-state index contributed by atoms with van der Waals surface area (Å²) in [5.74, 6) is 1.63. The fourth-order valence-electron chi connectivity index (χ4n) is 1.76. The molecule has 0 saturated heterocycles. The Hall–Kier alpha value is -1.47. The molecule has 0 saturated carbocycles. The van der Waals surface area contributed by atoms with E-state index in [2.05, 4.69) is 24.3 Å². The van der Waals surface area contributed by atoms with Crippen LogP contribution >= 0.6 is 11.6 Å². The monoisotopic (exact) mass is 260 g/mol. The van der Waals surface area contributed by atoms with Crippen molar-refractivity contribution in [3.05, 3.63) is 65.7 Å². The largest absolute Gasteiger partial charge is 0.489 e. The highest BCUT2D eigenvalue weighted by molar-refractivity contribution is 6.17. The number of hydrogen-bond donors (Lipinski definition) is 0. The summed E-state index contributed by atoms with van der Waals surface area (Å²) in [5, 5.41) is 0. The van der Waals surface area contributed by atoms with Crippen LogP contribution in [0.15, 0.2) is 54.6 Å². The zero-order chi connectivity index (χ0) is 12.6. The number of halogens is 1. The molecule has 0 radical (unpaired) electrons. The van der Waals surface area contributed by atoms with E-state index in [1.807, 2.05) is 30.3 Å². The summed E-state index contributed by atoms with van der Waals surface area (Å²) >= 11 is 5.68. The topological polar surface area (TPSA) is 9.23 Å². The van der Waals surface area contributed by atoms with Crippen LogP contribution in [0.1, 0.15) is 17.5 Å². The second-order valence-electron chi connectivity index (χ2n) is 4.21. The predicted molar refractivity (Wildman–Crippen MR) is 76.3 cm³/mol. The molecular formula is C16H17ClO. The molecule has 0 bridgehead atoms. The van der Waals surface area contributed by atoms with Gasteiger partial charge in [-0.25, -0.2) is 0 Å². The highest BCUT2D eigenvalue weighted by Crippen LogP contribution is 2.15. The van der Waals surface area contributed by atoms with Crippen molar-refractivity contribution in [2.75, 3.05) is 5.88 Å². The molecule has 94 valence electrons. The van der Waals surface area contributed by atoms with Crippen molar-refractivity contribution in [1.82, 2.24) is 0 Å². The minimum atomic E-state index is 0.613. The maximum absolute atomic E-state index is 5.73. The Morgan fingerprint density at radius 3 is 2.22 bits per heavy atom. The summed E-state index contributed by atoms with van der Waals surface area (Å²) in [6.45, 7) is 0.613. The number of rotatable bonds is 6. The standard InChI is InChI=1S/C16H17ClO/c17-12-4-7-14-8-10-16(11-9-14)18-13-15-5-2-1-3-6-15/h1-3,5-6,8-11H,4,7,12-13H2. The Bertz CT molecular complexity index is 450. The van der Waals surface area contributed by atoms with Crippen molar-refractivity contribution in [3.8, 4) is 5.75 Å². The summed E-state index contributed by atoms with van der Waals surface area (Å²) in [4.78, 5) is 0. The minimum absolute atomic E-state index is 0.613. The van der Waals surface area contributed by atoms with E-state index in [1.165, 1.54) is 11.1 Å². The van der Waals surface area contributed by atoms with Crippen LogP contribution < -0.4 is 4.74 Å². The first-order chi connectivity index (χ1) is 8.88. The van der Waals surface area contributed by atoms with Gasteiger partial charge in [0.25, 0.3) is 0 Å². The van der Waals surface area contributed by atoms with Gasteiger partial charge in [-0.2, -0.15) is 0 Å². The van der Waals surface area contributed by atoms with E-state index in [0.29, 0.717) is 12.5 Å². The molecule has 0 N–H and O–H groups in total. The molecule has 0 heterocycles. The Balaban J connectivity index is 1.86. The van der Waals surface area contributed by atoms with Crippen LogP contribution in [0.2, 0.25) is 0 Å². The third-order valence-electron chi connectivity index (χ3n) is 2.77. The van der Waals surface area contributed by atoms with Gasteiger partial charge in [0.15, 0.2) is 0 Å². The number of aryl methyl sites for hydroxylation is 1. The molecule has 0 aliphatic carbocycles. The molecule has 18 heavy (non-hydrogen) atoms. The molecule has 0 amide bonds. The maximum Gasteiger partial charge on any atom is 0.119 e. The van der Waals surface area contributed by atoms with Crippen molar-refractivity contribution in [3.63, 3.8) is 0 Å². The van der Waals surface area contributed by atoms with Gasteiger partial charge in [-0.15, -0.1) is 11.6 Å². The van der Waals surface area contributed by atoms with Gasteiger partial charge in [0.2, 0.25) is 0 Å². The molecule has 1 nitrogen and oxygen atoms in total. The van der Waals surface area contributed by atoms with Gasteiger partial charge in [-0.3, -0.25) is 0 Å². The average Bonchev–Trinajstić information content (AvgIpc) is 2.45. The van der Waals surface area contributed by atoms with E-state index < -0.39 is 0 Å². The summed E-state index contributed by atoms with van der Waals surface area (Å²) in [5.41, 5.74) is 2.49. The van der Waals surface area contributed by atoms with Crippen LogP contribution in [0.25, 0.3) is 0 Å². The average molecular weight is 261 g/mol. The van der Waals surface area contributed by atoms with E-state index in [0.717, 1.165) is 18.6 Å². The molecule has 0 unspecified atom stereocenters. The second kappa shape index (κ2) is 7.07. The minimum Gasteiger partial charge on any atom is -0.489 e. The van der Waals surface area contributed by atoms with Crippen molar-refractivity contribution >= 4 is 11.6 Å². The third kappa shape index (κ3) is 4.08. The van der Waals surface area contributed by atoms with Crippen LogP contribution in [0.3, 0.4) is 0 Å². The van der Waals surface area contributed by atoms with E-state index in [9.17, 15) is 0 Å². The first-order valence-corrected chi connectivity index (χ1v) is 6.73. The molecule has 0 spiro atoms. The Labute approximate surface area is 113 Å². The maximum atomic E-state index is 5.73. The van der Waals surface area contributed by atoms with Gasteiger partial charge in [0.1, 0.15) is 12.4 Å². The van der Waals surface area contributed by atoms with E-state index >= 15 is 0 Å². The first-order valence-electron chi connectivity index (χ1n) is 6.20. The number of ether oxygens (including phenoxy) is 1. The third-order valence-corrected chi connectivity index (χ3v) is 3.04. The summed E-state index contributed by atoms with van der Waals surface area (Å²) in [6, 6.07) is 18.4. The number of hydrogen-bond acceptors (Lipinski definition) is 1. The SMILES string of the molecule is ClCCCc1ccc(OCc2ccccc2)cc1. The van der Waals surface area contributed by atoms with Crippen molar-refractivity contribution in [1.29, 1.82) is 0 Å². The summed E-state index contributed by atoms with van der Waals surface area (Å²) in [7, 11) is 0. The van der Waals surface area contributed by atoms with Gasteiger partial charge >= 0.3 is 0 Å². The van der Waals surface area contributed by atoms with Crippen molar-refractivity contribution < 1.29 is 4.74 Å². The van der Waals surface area contributed by atoms with Gasteiger partial charge in [-0.05, 0) is 36.1 Å². The molecule has 0 fully saturated rings. The molecule has 2 heteroatoms. The van der Waals surface area contributed by atoms with Crippen LogP contribution in [0.4, 0.5) is 0 Å². The molecule has 0 aliphatic rings. The predicted octanol–water partition coefficient (Wildman–Crippen LogP) is 4.44. The summed E-state index contributed by atoms with van der Waals surface area (Å²) in [6.07, 6.45) is 2.05.